The Morgan fingerprint density at radius 3 is 3.05 bits per heavy atom. The topological polar surface area (TPSA) is 110 Å². The van der Waals surface area contributed by atoms with Crippen molar-refractivity contribution in [3.8, 4) is 0 Å². The van der Waals surface area contributed by atoms with Crippen molar-refractivity contribution >= 4 is 29.4 Å². The molecule has 1 saturated heterocycles. The number of rotatable bonds is 4. The Balaban J connectivity index is 1.86. The van der Waals surface area contributed by atoms with E-state index in [2.05, 4.69) is 20.6 Å². The van der Waals surface area contributed by atoms with Gasteiger partial charge in [0.2, 0.25) is 11.8 Å². The van der Waals surface area contributed by atoms with Gasteiger partial charge in [-0.1, -0.05) is 0 Å². The summed E-state index contributed by atoms with van der Waals surface area (Å²) in [5, 5.41) is 5.18. The maximum atomic E-state index is 11.5. The second-order valence-electron chi connectivity index (χ2n) is 4.18. The van der Waals surface area contributed by atoms with E-state index in [4.69, 9.17) is 5.73 Å². The molecule has 0 bridgehead atoms. The highest BCUT2D eigenvalue weighted by Crippen LogP contribution is 2.17. The Bertz CT molecular complexity index is 508. The number of piperazine rings is 1. The number of amides is 2. The smallest absolute Gasteiger partial charge is 0.243 e. The summed E-state index contributed by atoms with van der Waals surface area (Å²) >= 11 is 1.50. The minimum Gasteiger partial charge on any atom is -0.383 e. The van der Waals surface area contributed by atoms with Gasteiger partial charge in [0.1, 0.15) is 17.7 Å². The Morgan fingerprint density at radius 2 is 2.32 bits per heavy atom. The van der Waals surface area contributed by atoms with Gasteiger partial charge in [-0.05, 0) is 6.92 Å². The van der Waals surface area contributed by atoms with E-state index in [-0.39, 0.29) is 18.4 Å². The van der Waals surface area contributed by atoms with Crippen LogP contribution in [0.25, 0.3) is 0 Å². The molecular formula is C11H15N5O2S. The number of nitrogen functional groups attached to an aromatic ring is 1. The zero-order valence-electron chi connectivity index (χ0n) is 10.5. The van der Waals surface area contributed by atoms with Crippen molar-refractivity contribution in [2.75, 3.05) is 18.0 Å². The van der Waals surface area contributed by atoms with Crippen molar-refractivity contribution in [1.82, 2.24) is 20.6 Å². The van der Waals surface area contributed by atoms with Crippen LogP contribution in [0.2, 0.25) is 0 Å². The van der Waals surface area contributed by atoms with E-state index in [0.717, 1.165) is 5.56 Å². The fourth-order valence-electron chi connectivity index (χ4n) is 1.63. The molecule has 2 heterocycles. The molecular weight excluding hydrogens is 266 g/mol. The summed E-state index contributed by atoms with van der Waals surface area (Å²) in [6, 6.07) is -0.487. The number of nitrogens with zero attached hydrogens (tertiary/aromatic N) is 2. The summed E-state index contributed by atoms with van der Waals surface area (Å²) in [6.07, 6.45) is 1.68. The van der Waals surface area contributed by atoms with E-state index in [1.807, 2.05) is 0 Å². The predicted octanol–water partition coefficient (Wildman–Crippen LogP) is -0.785. The van der Waals surface area contributed by atoms with Gasteiger partial charge in [0.25, 0.3) is 0 Å². The van der Waals surface area contributed by atoms with Crippen LogP contribution in [0.5, 0.6) is 0 Å². The van der Waals surface area contributed by atoms with Crippen molar-refractivity contribution < 1.29 is 9.59 Å². The lowest BCUT2D eigenvalue weighted by Crippen LogP contribution is -2.57. The molecule has 1 aromatic rings. The third-order valence-electron chi connectivity index (χ3n) is 2.64. The number of carbonyl (C=O) groups is 2. The van der Waals surface area contributed by atoms with Gasteiger partial charge in [-0.25, -0.2) is 9.97 Å². The molecule has 0 spiro atoms. The lowest BCUT2D eigenvalue weighted by atomic mass is 10.2. The highest BCUT2D eigenvalue weighted by atomic mass is 32.2. The molecule has 1 fully saturated rings. The molecule has 0 saturated carbocycles. The van der Waals surface area contributed by atoms with Gasteiger partial charge >= 0.3 is 0 Å². The number of anilines is 1. The van der Waals surface area contributed by atoms with E-state index < -0.39 is 6.04 Å². The SMILES string of the molecule is Cc1ncc(CSCC2NC(=O)CNC2=O)c(N)n1. The van der Waals surface area contributed by atoms with Crippen LogP contribution < -0.4 is 16.4 Å². The fourth-order valence-corrected chi connectivity index (χ4v) is 2.66. The number of carbonyl (C=O) groups excluding carboxylic acids is 2. The maximum absolute atomic E-state index is 11.5. The summed E-state index contributed by atoms with van der Waals surface area (Å²) in [7, 11) is 0. The van der Waals surface area contributed by atoms with Crippen LogP contribution in [-0.4, -0.2) is 40.1 Å². The van der Waals surface area contributed by atoms with Gasteiger partial charge in [0.15, 0.2) is 0 Å². The number of hydrogen-bond acceptors (Lipinski definition) is 6. The van der Waals surface area contributed by atoms with Crippen LogP contribution in [0.1, 0.15) is 11.4 Å². The number of nitrogens with two attached hydrogens (primary N) is 1. The monoisotopic (exact) mass is 281 g/mol. The molecule has 2 amide bonds. The summed E-state index contributed by atoms with van der Waals surface area (Å²) in [5.74, 6) is 1.86. The summed E-state index contributed by atoms with van der Waals surface area (Å²) in [4.78, 5) is 30.8. The third kappa shape index (κ3) is 3.57. The first-order valence-corrected chi connectivity index (χ1v) is 6.94. The van der Waals surface area contributed by atoms with E-state index in [1.165, 1.54) is 11.8 Å². The van der Waals surface area contributed by atoms with Crippen molar-refractivity contribution in [3.05, 3.63) is 17.6 Å². The van der Waals surface area contributed by atoms with Crippen LogP contribution in [0.15, 0.2) is 6.20 Å². The van der Waals surface area contributed by atoms with Crippen LogP contribution in [-0.2, 0) is 15.3 Å². The van der Waals surface area contributed by atoms with Crippen LogP contribution in [0.4, 0.5) is 5.82 Å². The molecule has 1 aliphatic rings. The Kier molecular flexibility index (Phi) is 4.20. The zero-order chi connectivity index (χ0) is 13.8. The number of aromatic nitrogens is 2. The van der Waals surface area contributed by atoms with Gasteiger partial charge in [-0.3, -0.25) is 9.59 Å². The van der Waals surface area contributed by atoms with Crippen molar-refractivity contribution in [1.29, 1.82) is 0 Å². The van der Waals surface area contributed by atoms with Crippen LogP contribution in [0.3, 0.4) is 0 Å². The quantitative estimate of drug-likeness (QED) is 0.667. The average Bonchev–Trinajstić information content (AvgIpc) is 2.36. The van der Waals surface area contributed by atoms with Gasteiger partial charge in [0, 0.05) is 23.3 Å². The molecule has 1 aliphatic heterocycles. The third-order valence-corrected chi connectivity index (χ3v) is 3.72. The van der Waals surface area contributed by atoms with Crippen molar-refractivity contribution in [2.45, 2.75) is 18.7 Å². The summed E-state index contributed by atoms with van der Waals surface area (Å²) in [5.41, 5.74) is 6.61. The lowest BCUT2D eigenvalue weighted by Gasteiger charge is -2.22. The highest BCUT2D eigenvalue weighted by Gasteiger charge is 2.25. The number of thioether (sulfide) groups is 1. The molecule has 1 unspecified atom stereocenters. The number of hydrogen-bond donors (Lipinski definition) is 3. The van der Waals surface area contributed by atoms with E-state index >= 15 is 0 Å². The number of aryl methyl sites for hydroxylation is 1. The van der Waals surface area contributed by atoms with Crippen molar-refractivity contribution in [3.63, 3.8) is 0 Å². The maximum Gasteiger partial charge on any atom is 0.243 e. The zero-order valence-corrected chi connectivity index (χ0v) is 11.3. The normalized spacial score (nSPS) is 18.9. The molecule has 2 rings (SSSR count). The van der Waals surface area contributed by atoms with Crippen LogP contribution in [0, 0.1) is 6.92 Å². The molecule has 19 heavy (non-hydrogen) atoms. The Morgan fingerprint density at radius 1 is 1.53 bits per heavy atom. The molecule has 8 heteroatoms. The number of nitrogens with one attached hydrogen (secondary N) is 2. The molecule has 1 aromatic heterocycles. The second kappa shape index (κ2) is 5.87. The average molecular weight is 281 g/mol. The second-order valence-corrected chi connectivity index (χ2v) is 5.21. The minimum atomic E-state index is -0.487. The van der Waals surface area contributed by atoms with Gasteiger partial charge in [-0.15, -0.1) is 0 Å². The first-order chi connectivity index (χ1) is 9.06. The minimum absolute atomic E-state index is 0.0543. The van der Waals surface area contributed by atoms with Gasteiger partial charge in [0.05, 0.1) is 6.54 Å². The van der Waals surface area contributed by atoms with E-state index in [9.17, 15) is 9.59 Å². The Labute approximate surface area is 114 Å². The fraction of sp³-hybridized carbons (Fsp3) is 0.455. The summed E-state index contributed by atoms with van der Waals surface area (Å²) < 4.78 is 0. The standard InChI is InChI=1S/C11H15N5O2S/c1-6-13-2-7(10(12)15-6)4-19-5-8-11(18)14-3-9(17)16-8/h2,8H,3-5H2,1H3,(H,14,18)(H,16,17)(H2,12,13,15). The van der Waals surface area contributed by atoms with E-state index in [1.54, 1.807) is 13.1 Å². The Hall–Kier alpha value is -1.83. The molecule has 4 N–H and O–H groups in total. The first kappa shape index (κ1) is 13.6. The molecule has 102 valence electrons. The molecule has 0 aromatic carbocycles. The van der Waals surface area contributed by atoms with Gasteiger partial charge in [-0.2, -0.15) is 11.8 Å². The molecule has 7 nitrogen and oxygen atoms in total. The molecule has 1 atom stereocenters. The summed E-state index contributed by atoms with van der Waals surface area (Å²) in [6.45, 7) is 1.83. The van der Waals surface area contributed by atoms with Gasteiger partial charge < -0.3 is 16.4 Å². The molecule has 0 aliphatic carbocycles. The predicted molar refractivity (Wildman–Crippen MR) is 72.3 cm³/mol. The van der Waals surface area contributed by atoms with Crippen LogP contribution >= 0.6 is 11.8 Å². The first-order valence-electron chi connectivity index (χ1n) is 5.79. The van der Waals surface area contributed by atoms with Crippen molar-refractivity contribution in [2.24, 2.45) is 0 Å². The lowest BCUT2D eigenvalue weighted by molar-refractivity contribution is -0.133. The highest BCUT2D eigenvalue weighted by molar-refractivity contribution is 7.98. The molecule has 0 radical (unpaired) electrons. The van der Waals surface area contributed by atoms with E-state index in [0.29, 0.717) is 23.1 Å². The largest absolute Gasteiger partial charge is 0.383 e.